The summed E-state index contributed by atoms with van der Waals surface area (Å²) in [5.41, 5.74) is 6.33. The van der Waals surface area contributed by atoms with E-state index in [0.717, 1.165) is 36.3 Å². The standard InChI is InChI=1S/C26H23NO/c1-3-21-5-9-23(10-6-21)17-27(18-24-11-7-22(4-2)8-12-24)19-25-13-15-26(20-28)16-14-25/h1-2,5-16,28H,17-20H2. The van der Waals surface area contributed by atoms with Gasteiger partial charge in [0.25, 0.3) is 0 Å². The first kappa shape index (κ1) is 19.5. The number of benzene rings is 3. The molecule has 3 aromatic rings. The number of terminal acetylenes is 2. The summed E-state index contributed by atoms with van der Waals surface area (Å²) in [6.45, 7) is 2.49. The molecule has 0 saturated carbocycles. The van der Waals surface area contributed by atoms with Crippen molar-refractivity contribution in [3.05, 3.63) is 106 Å². The van der Waals surface area contributed by atoms with E-state index in [1.165, 1.54) is 16.7 Å². The fourth-order valence-corrected chi connectivity index (χ4v) is 3.11. The quantitative estimate of drug-likeness (QED) is 0.630. The normalized spacial score (nSPS) is 10.4. The molecule has 0 aliphatic rings. The minimum Gasteiger partial charge on any atom is -0.392 e. The number of hydrogen-bond donors (Lipinski definition) is 1. The summed E-state index contributed by atoms with van der Waals surface area (Å²) in [6.07, 6.45) is 10.9. The lowest BCUT2D eigenvalue weighted by Crippen LogP contribution is -2.22. The monoisotopic (exact) mass is 365 g/mol. The van der Waals surface area contributed by atoms with Gasteiger partial charge in [-0.3, -0.25) is 4.90 Å². The van der Waals surface area contributed by atoms with Crippen LogP contribution in [0, 0.1) is 24.7 Å². The van der Waals surface area contributed by atoms with E-state index in [1.807, 2.05) is 36.4 Å². The summed E-state index contributed by atoms with van der Waals surface area (Å²) in [5.74, 6) is 5.32. The highest BCUT2D eigenvalue weighted by atomic mass is 16.3. The van der Waals surface area contributed by atoms with Crippen LogP contribution in [0.2, 0.25) is 0 Å². The summed E-state index contributed by atoms with van der Waals surface area (Å²) in [5, 5.41) is 9.25. The molecule has 3 aromatic carbocycles. The van der Waals surface area contributed by atoms with E-state index in [9.17, 15) is 5.11 Å². The Bertz CT molecular complexity index is 912. The SMILES string of the molecule is C#Cc1ccc(CN(Cc2ccc(C#C)cc2)Cc2ccc(CO)cc2)cc1. The summed E-state index contributed by atoms with van der Waals surface area (Å²) in [7, 11) is 0. The molecule has 0 radical (unpaired) electrons. The molecule has 138 valence electrons. The number of aliphatic hydroxyl groups is 1. The molecule has 0 saturated heterocycles. The van der Waals surface area contributed by atoms with E-state index in [0.29, 0.717) is 0 Å². The summed E-state index contributed by atoms with van der Waals surface area (Å²) < 4.78 is 0. The fraction of sp³-hybridized carbons (Fsp3) is 0.154. The van der Waals surface area contributed by atoms with Crippen molar-refractivity contribution in [1.82, 2.24) is 4.90 Å². The van der Waals surface area contributed by atoms with Crippen molar-refractivity contribution in [3.8, 4) is 24.7 Å². The third-order valence-electron chi connectivity index (χ3n) is 4.67. The molecule has 0 unspecified atom stereocenters. The third kappa shape index (κ3) is 5.35. The zero-order chi connectivity index (χ0) is 19.8. The molecule has 0 heterocycles. The van der Waals surface area contributed by atoms with Crippen LogP contribution in [0.1, 0.15) is 33.4 Å². The lowest BCUT2D eigenvalue weighted by atomic mass is 10.1. The van der Waals surface area contributed by atoms with Crippen molar-refractivity contribution in [1.29, 1.82) is 0 Å². The molecule has 0 aliphatic carbocycles. The van der Waals surface area contributed by atoms with Crippen LogP contribution in [-0.2, 0) is 26.2 Å². The van der Waals surface area contributed by atoms with E-state index < -0.39 is 0 Å². The van der Waals surface area contributed by atoms with Crippen LogP contribution < -0.4 is 0 Å². The molecule has 3 rings (SSSR count). The maximum Gasteiger partial charge on any atom is 0.0681 e. The lowest BCUT2D eigenvalue weighted by Gasteiger charge is -2.23. The number of aliphatic hydroxyl groups excluding tert-OH is 1. The van der Waals surface area contributed by atoms with Crippen LogP contribution in [0.15, 0.2) is 72.8 Å². The average Bonchev–Trinajstić information content (AvgIpc) is 2.75. The molecule has 0 fully saturated rings. The van der Waals surface area contributed by atoms with Crippen LogP contribution in [0.25, 0.3) is 0 Å². The van der Waals surface area contributed by atoms with E-state index in [4.69, 9.17) is 12.8 Å². The Morgan fingerprint density at radius 3 is 1.21 bits per heavy atom. The Labute approximate surface area is 167 Å². The molecule has 28 heavy (non-hydrogen) atoms. The second-order valence-corrected chi connectivity index (χ2v) is 6.80. The van der Waals surface area contributed by atoms with Gasteiger partial charge in [-0.05, 0) is 46.5 Å². The smallest absolute Gasteiger partial charge is 0.0681 e. The van der Waals surface area contributed by atoms with Gasteiger partial charge in [-0.2, -0.15) is 0 Å². The minimum absolute atomic E-state index is 0.0625. The van der Waals surface area contributed by atoms with Gasteiger partial charge in [0.2, 0.25) is 0 Å². The highest BCUT2D eigenvalue weighted by Crippen LogP contribution is 2.16. The molecule has 0 spiro atoms. The van der Waals surface area contributed by atoms with Gasteiger partial charge in [-0.25, -0.2) is 0 Å². The molecule has 2 heteroatoms. The van der Waals surface area contributed by atoms with Gasteiger partial charge in [0.1, 0.15) is 0 Å². The van der Waals surface area contributed by atoms with Gasteiger partial charge in [-0.1, -0.05) is 60.4 Å². The summed E-state index contributed by atoms with van der Waals surface area (Å²) >= 11 is 0. The van der Waals surface area contributed by atoms with Gasteiger partial charge in [0.05, 0.1) is 6.61 Å². The Morgan fingerprint density at radius 2 is 0.893 bits per heavy atom. The van der Waals surface area contributed by atoms with Gasteiger partial charge >= 0.3 is 0 Å². The van der Waals surface area contributed by atoms with Crippen LogP contribution >= 0.6 is 0 Å². The molecule has 0 atom stereocenters. The van der Waals surface area contributed by atoms with Crippen LogP contribution in [0.5, 0.6) is 0 Å². The van der Waals surface area contributed by atoms with Gasteiger partial charge in [0, 0.05) is 30.8 Å². The average molecular weight is 365 g/mol. The highest BCUT2D eigenvalue weighted by molar-refractivity contribution is 5.35. The van der Waals surface area contributed by atoms with Crippen molar-refractivity contribution in [2.24, 2.45) is 0 Å². The topological polar surface area (TPSA) is 23.5 Å². The van der Waals surface area contributed by atoms with E-state index >= 15 is 0 Å². The van der Waals surface area contributed by atoms with Crippen molar-refractivity contribution in [3.63, 3.8) is 0 Å². The first-order valence-corrected chi connectivity index (χ1v) is 9.22. The maximum atomic E-state index is 9.25. The van der Waals surface area contributed by atoms with Crippen molar-refractivity contribution < 1.29 is 5.11 Å². The molecule has 0 aromatic heterocycles. The summed E-state index contributed by atoms with van der Waals surface area (Å²) in [6, 6.07) is 24.3. The maximum absolute atomic E-state index is 9.25. The Kier molecular flexibility index (Phi) is 6.66. The van der Waals surface area contributed by atoms with E-state index in [2.05, 4.69) is 53.1 Å². The second kappa shape index (κ2) is 9.58. The first-order chi connectivity index (χ1) is 13.7. The molecular weight excluding hydrogens is 342 g/mol. The second-order valence-electron chi connectivity index (χ2n) is 6.80. The molecule has 0 amide bonds. The van der Waals surface area contributed by atoms with Crippen molar-refractivity contribution in [2.45, 2.75) is 26.2 Å². The Morgan fingerprint density at radius 1 is 0.571 bits per heavy atom. The zero-order valence-corrected chi connectivity index (χ0v) is 15.8. The number of rotatable bonds is 7. The minimum atomic E-state index is 0.0625. The van der Waals surface area contributed by atoms with Gasteiger partial charge in [-0.15, -0.1) is 12.8 Å². The molecular formula is C26H23NO. The predicted octanol–water partition coefficient (Wildman–Crippen LogP) is 4.34. The van der Waals surface area contributed by atoms with Crippen LogP contribution in [0.3, 0.4) is 0 Å². The van der Waals surface area contributed by atoms with E-state index in [-0.39, 0.29) is 6.61 Å². The van der Waals surface area contributed by atoms with Gasteiger partial charge in [0.15, 0.2) is 0 Å². The molecule has 2 nitrogen and oxygen atoms in total. The Hall–Kier alpha value is -3.30. The summed E-state index contributed by atoms with van der Waals surface area (Å²) in [4.78, 5) is 2.38. The largest absolute Gasteiger partial charge is 0.392 e. The fourth-order valence-electron chi connectivity index (χ4n) is 3.11. The highest BCUT2D eigenvalue weighted by Gasteiger charge is 2.09. The predicted molar refractivity (Wildman–Crippen MR) is 114 cm³/mol. The van der Waals surface area contributed by atoms with Crippen LogP contribution in [0.4, 0.5) is 0 Å². The van der Waals surface area contributed by atoms with Crippen LogP contribution in [-0.4, -0.2) is 10.0 Å². The number of nitrogens with zero attached hydrogens (tertiary/aromatic N) is 1. The third-order valence-corrected chi connectivity index (χ3v) is 4.67. The lowest BCUT2D eigenvalue weighted by molar-refractivity contribution is 0.247. The zero-order valence-electron chi connectivity index (χ0n) is 15.8. The van der Waals surface area contributed by atoms with E-state index in [1.54, 1.807) is 0 Å². The van der Waals surface area contributed by atoms with Crippen molar-refractivity contribution >= 4 is 0 Å². The molecule has 0 bridgehead atoms. The van der Waals surface area contributed by atoms with Gasteiger partial charge < -0.3 is 5.11 Å². The Balaban J connectivity index is 1.78. The van der Waals surface area contributed by atoms with Crippen molar-refractivity contribution in [2.75, 3.05) is 0 Å². The first-order valence-electron chi connectivity index (χ1n) is 9.22. The molecule has 0 aliphatic heterocycles. The molecule has 1 N–H and O–H groups in total. The number of hydrogen-bond acceptors (Lipinski definition) is 2.